The number of fused-ring (bicyclic) bond motifs is 1. The number of anilines is 1. The summed E-state index contributed by atoms with van der Waals surface area (Å²) in [6.45, 7) is 0.719. The van der Waals surface area contributed by atoms with Crippen molar-refractivity contribution in [3.63, 3.8) is 0 Å². The predicted octanol–water partition coefficient (Wildman–Crippen LogP) is 2.27. The van der Waals surface area contributed by atoms with Gasteiger partial charge in [-0.15, -0.1) is 0 Å². The van der Waals surface area contributed by atoms with Crippen molar-refractivity contribution < 1.29 is 14.6 Å². The maximum atomic E-state index is 12.2. The van der Waals surface area contributed by atoms with Crippen LogP contribution in [0.5, 0.6) is 0 Å². The number of rotatable bonds is 3. The number of carbonyl (C=O) groups is 1. The molecule has 2 aromatic rings. The molecule has 1 aliphatic rings. The summed E-state index contributed by atoms with van der Waals surface area (Å²) in [7, 11) is 0. The van der Waals surface area contributed by atoms with E-state index in [0.717, 1.165) is 16.9 Å². The van der Waals surface area contributed by atoms with E-state index in [1.54, 1.807) is 17.2 Å². The monoisotopic (exact) mass is 284 g/mol. The minimum absolute atomic E-state index is 0.0901. The largest absolute Gasteiger partial charge is 0.444 e. The van der Waals surface area contributed by atoms with Crippen molar-refractivity contribution in [3.05, 3.63) is 59.4 Å². The fourth-order valence-corrected chi connectivity index (χ4v) is 2.36. The normalized spacial score (nSPS) is 13.1. The van der Waals surface area contributed by atoms with Gasteiger partial charge in [0.25, 0.3) is 0 Å². The molecule has 0 fully saturated rings. The summed E-state index contributed by atoms with van der Waals surface area (Å²) in [6, 6.07) is 11.4. The van der Waals surface area contributed by atoms with Crippen molar-refractivity contribution in [1.82, 2.24) is 4.98 Å². The Labute approximate surface area is 122 Å². The second-order valence-corrected chi connectivity index (χ2v) is 4.91. The molecule has 1 N–H and O–H groups in total. The van der Waals surface area contributed by atoms with Crippen molar-refractivity contribution in [2.24, 2.45) is 0 Å². The predicted molar refractivity (Wildman–Crippen MR) is 77.8 cm³/mol. The second kappa shape index (κ2) is 5.93. The third kappa shape index (κ3) is 2.87. The Morgan fingerprint density at radius 3 is 2.86 bits per heavy atom. The van der Waals surface area contributed by atoms with Gasteiger partial charge in [0, 0.05) is 19.2 Å². The van der Waals surface area contributed by atoms with Gasteiger partial charge in [0.2, 0.25) is 0 Å². The molecule has 0 atom stereocenters. The number of aliphatic hydroxyl groups is 1. The quantitative estimate of drug-likeness (QED) is 0.939. The Bertz CT molecular complexity index is 643. The molecule has 1 amide bonds. The molecule has 3 rings (SSSR count). The minimum atomic E-state index is -0.380. The number of benzene rings is 1. The Morgan fingerprint density at radius 2 is 2.10 bits per heavy atom. The summed E-state index contributed by atoms with van der Waals surface area (Å²) < 4.78 is 5.34. The minimum Gasteiger partial charge on any atom is -0.444 e. The van der Waals surface area contributed by atoms with Crippen molar-refractivity contribution in [1.29, 1.82) is 0 Å². The molecule has 1 aromatic carbocycles. The molecule has 0 bridgehead atoms. The lowest BCUT2D eigenvalue weighted by atomic mass is 10.2. The van der Waals surface area contributed by atoms with E-state index < -0.39 is 0 Å². The first-order valence-corrected chi connectivity index (χ1v) is 6.85. The van der Waals surface area contributed by atoms with Gasteiger partial charge in [0.05, 0.1) is 18.0 Å². The number of amides is 1. The number of hydrogen-bond donors (Lipinski definition) is 1. The van der Waals surface area contributed by atoms with Crippen molar-refractivity contribution in [3.8, 4) is 0 Å². The zero-order valence-corrected chi connectivity index (χ0v) is 11.5. The molecular formula is C16H16N2O3. The molecular weight excluding hydrogens is 268 g/mol. The van der Waals surface area contributed by atoms with Crippen LogP contribution in [0.2, 0.25) is 0 Å². The van der Waals surface area contributed by atoms with E-state index in [9.17, 15) is 9.90 Å². The Balaban J connectivity index is 1.70. The lowest BCUT2D eigenvalue weighted by Crippen LogP contribution is -2.29. The maximum absolute atomic E-state index is 12.2. The van der Waals surface area contributed by atoms with Crippen LogP contribution in [-0.2, 0) is 24.4 Å². The van der Waals surface area contributed by atoms with Gasteiger partial charge in [0.15, 0.2) is 0 Å². The summed E-state index contributed by atoms with van der Waals surface area (Å²) in [6.07, 6.45) is 1.97. The highest BCUT2D eigenvalue weighted by molar-refractivity contribution is 5.89. The lowest BCUT2D eigenvalue weighted by Gasteiger charge is -2.17. The fraction of sp³-hybridized carbons (Fsp3) is 0.250. The molecule has 0 saturated carbocycles. The van der Waals surface area contributed by atoms with Crippen LogP contribution in [-0.4, -0.2) is 22.7 Å². The number of pyridine rings is 1. The van der Waals surface area contributed by atoms with E-state index >= 15 is 0 Å². The smallest absolute Gasteiger partial charge is 0.414 e. The molecule has 5 heteroatoms. The van der Waals surface area contributed by atoms with Crippen molar-refractivity contribution in [2.75, 3.05) is 11.4 Å². The summed E-state index contributed by atoms with van der Waals surface area (Å²) in [5, 5.41) is 9.17. The zero-order chi connectivity index (χ0) is 14.7. The molecule has 1 aromatic heterocycles. The molecule has 0 unspecified atom stereocenters. The number of aliphatic hydroxyl groups excluding tert-OH is 1. The van der Waals surface area contributed by atoms with Gasteiger partial charge < -0.3 is 9.84 Å². The molecule has 0 radical (unpaired) electrons. The Morgan fingerprint density at radius 1 is 1.29 bits per heavy atom. The fourth-order valence-electron chi connectivity index (χ4n) is 2.36. The van der Waals surface area contributed by atoms with Crippen LogP contribution in [0.4, 0.5) is 10.5 Å². The summed E-state index contributed by atoms with van der Waals surface area (Å²) >= 11 is 0. The third-order valence-electron chi connectivity index (χ3n) is 3.48. The average molecular weight is 284 g/mol. The highest BCUT2D eigenvalue weighted by atomic mass is 16.6. The summed E-state index contributed by atoms with van der Waals surface area (Å²) in [5.74, 6) is 0. The first-order chi connectivity index (χ1) is 10.3. The van der Waals surface area contributed by atoms with E-state index in [0.29, 0.717) is 18.5 Å². The zero-order valence-electron chi connectivity index (χ0n) is 11.5. The topological polar surface area (TPSA) is 62.7 Å². The van der Waals surface area contributed by atoms with E-state index in [1.165, 1.54) is 0 Å². The number of hydrogen-bond acceptors (Lipinski definition) is 4. The van der Waals surface area contributed by atoms with Gasteiger partial charge in [-0.05, 0) is 17.2 Å². The van der Waals surface area contributed by atoms with Gasteiger partial charge in [-0.1, -0.05) is 30.3 Å². The third-order valence-corrected chi connectivity index (χ3v) is 3.48. The number of ether oxygens (including phenoxy) is 1. The second-order valence-electron chi connectivity index (χ2n) is 4.91. The van der Waals surface area contributed by atoms with Gasteiger partial charge in [-0.25, -0.2) is 4.79 Å². The summed E-state index contributed by atoms with van der Waals surface area (Å²) in [4.78, 5) is 18.0. The van der Waals surface area contributed by atoms with E-state index in [1.807, 2.05) is 30.3 Å². The van der Waals surface area contributed by atoms with Gasteiger partial charge in [-0.2, -0.15) is 0 Å². The molecule has 108 valence electrons. The standard InChI is InChI=1S/C16H16N2O3/c19-10-13-8-15-14(17-9-13)6-7-18(15)16(20)21-11-12-4-2-1-3-5-12/h1-5,8-9,19H,6-7,10-11H2. The van der Waals surface area contributed by atoms with Crippen LogP contribution in [0.1, 0.15) is 16.8 Å². The molecule has 2 heterocycles. The highest BCUT2D eigenvalue weighted by Gasteiger charge is 2.27. The van der Waals surface area contributed by atoms with E-state index in [2.05, 4.69) is 4.98 Å². The van der Waals surface area contributed by atoms with Gasteiger partial charge in [-0.3, -0.25) is 9.88 Å². The maximum Gasteiger partial charge on any atom is 0.414 e. The Hall–Kier alpha value is -2.40. The van der Waals surface area contributed by atoms with Crippen LogP contribution in [0.25, 0.3) is 0 Å². The van der Waals surface area contributed by atoms with E-state index in [-0.39, 0.29) is 19.3 Å². The summed E-state index contributed by atoms with van der Waals surface area (Å²) in [5.41, 5.74) is 3.24. The highest BCUT2D eigenvalue weighted by Crippen LogP contribution is 2.27. The first kappa shape index (κ1) is 13.6. The van der Waals surface area contributed by atoms with Crippen LogP contribution >= 0.6 is 0 Å². The molecule has 1 aliphatic heterocycles. The average Bonchev–Trinajstić information content (AvgIpc) is 2.96. The first-order valence-electron chi connectivity index (χ1n) is 6.85. The molecule has 0 saturated heterocycles. The number of aromatic nitrogens is 1. The van der Waals surface area contributed by atoms with Crippen LogP contribution in [0.3, 0.4) is 0 Å². The van der Waals surface area contributed by atoms with E-state index in [4.69, 9.17) is 4.74 Å². The van der Waals surface area contributed by atoms with Crippen molar-refractivity contribution >= 4 is 11.8 Å². The molecule has 5 nitrogen and oxygen atoms in total. The van der Waals surface area contributed by atoms with Crippen LogP contribution in [0.15, 0.2) is 42.6 Å². The Kier molecular flexibility index (Phi) is 3.83. The van der Waals surface area contributed by atoms with Gasteiger partial charge >= 0.3 is 6.09 Å². The number of nitrogens with zero attached hydrogens (tertiary/aromatic N) is 2. The van der Waals surface area contributed by atoms with Crippen molar-refractivity contribution in [2.45, 2.75) is 19.6 Å². The van der Waals surface area contributed by atoms with Gasteiger partial charge in [0.1, 0.15) is 6.61 Å². The number of carbonyl (C=O) groups excluding carboxylic acids is 1. The van der Waals surface area contributed by atoms with Crippen LogP contribution in [0, 0.1) is 0 Å². The SMILES string of the molecule is O=C(OCc1ccccc1)N1CCc2ncc(CO)cc21. The lowest BCUT2D eigenvalue weighted by molar-refractivity contribution is 0.147. The molecule has 0 aliphatic carbocycles. The molecule has 0 spiro atoms. The molecule has 21 heavy (non-hydrogen) atoms. The van der Waals surface area contributed by atoms with Crippen LogP contribution < -0.4 is 4.90 Å².